The number of rotatable bonds is 13. The number of piperazine rings is 1. The summed E-state index contributed by atoms with van der Waals surface area (Å²) >= 11 is 0. The lowest BCUT2D eigenvalue weighted by Crippen LogP contribution is -2.50. The molecule has 240 valence electrons. The lowest BCUT2D eigenvalue weighted by atomic mass is 9.99. The van der Waals surface area contributed by atoms with Crippen LogP contribution in [0.3, 0.4) is 0 Å². The molecular formula is C33H42N6O6. The van der Waals surface area contributed by atoms with Crippen LogP contribution >= 0.6 is 0 Å². The largest absolute Gasteiger partial charge is 0.392 e. The molecule has 12 heteroatoms. The number of anilines is 2. The summed E-state index contributed by atoms with van der Waals surface area (Å²) in [6.45, 7) is 4.21. The van der Waals surface area contributed by atoms with Crippen molar-refractivity contribution in [1.29, 1.82) is 0 Å². The number of nitrogens with one attached hydrogen (secondary N) is 2. The van der Waals surface area contributed by atoms with Crippen molar-refractivity contribution >= 4 is 23.5 Å². The van der Waals surface area contributed by atoms with Gasteiger partial charge in [0.1, 0.15) is 0 Å². The van der Waals surface area contributed by atoms with Crippen molar-refractivity contribution in [2.75, 3.05) is 42.9 Å². The predicted molar refractivity (Wildman–Crippen MR) is 167 cm³/mol. The van der Waals surface area contributed by atoms with E-state index in [4.69, 9.17) is 14.7 Å². The fourth-order valence-electron chi connectivity index (χ4n) is 5.66. The molecule has 2 saturated heterocycles. The van der Waals surface area contributed by atoms with Crippen molar-refractivity contribution in [3.05, 3.63) is 83.7 Å². The van der Waals surface area contributed by atoms with E-state index in [1.54, 1.807) is 17.9 Å². The first-order valence-electron chi connectivity index (χ1n) is 15.6. The van der Waals surface area contributed by atoms with Gasteiger partial charge in [-0.3, -0.25) is 19.7 Å². The van der Waals surface area contributed by atoms with Crippen molar-refractivity contribution in [2.24, 2.45) is 0 Å². The van der Waals surface area contributed by atoms with Gasteiger partial charge in [0.25, 0.3) is 0 Å². The number of hydroxylamine groups is 1. The standard InChI is InChI=1S/C33H42N6O6/c40-23-24-7-9-25(10-8-24)29-21-28(22-38-17-19-39(20-18-38)33-34-15-4-16-35-33)44-32(45-29)26-11-13-27(14-12-26)36-30(41)5-2-1-3-6-31(42)37-43/h4,7-16,28-29,32,40,43H,1-3,5-6,17-23H2,(H,36,41)(H,37,42)/t28-,29+,32+/m1/s1. The van der Waals surface area contributed by atoms with Gasteiger partial charge in [-0.2, -0.15) is 0 Å². The summed E-state index contributed by atoms with van der Waals surface area (Å²) in [6, 6.07) is 17.2. The van der Waals surface area contributed by atoms with Gasteiger partial charge in [0.15, 0.2) is 6.29 Å². The summed E-state index contributed by atoms with van der Waals surface area (Å²) in [6.07, 6.45) is 6.00. The first kappa shape index (κ1) is 32.5. The van der Waals surface area contributed by atoms with Crippen LogP contribution in [0.2, 0.25) is 0 Å². The molecule has 0 saturated carbocycles. The maximum Gasteiger partial charge on any atom is 0.243 e. The zero-order valence-corrected chi connectivity index (χ0v) is 25.4. The summed E-state index contributed by atoms with van der Waals surface area (Å²) in [4.78, 5) is 36.9. The van der Waals surface area contributed by atoms with E-state index in [0.29, 0.717) is 31.4 Å². The number of aliphatic hydroxyl groups is 1. The molecule has 12 nitrogen and oxygen atoms in total. The average molecular weight is 619 g/mol. The molecule has 3 heterocycles. The Bertz CT molecular complexity index is 1350. The van der Waals surface area contributed by atoms with Gasteiger partial charge in [-0.1, -0.05) is 42.8 Å². The van der Waals surface area contributed by atoms with Gasteiger partial charge in [-0.25, -0.2) is 15.4 Å². The number of nitrogens with zero attached hydrogens (tertiary/aromatic N) is 4. The van der Waals surface area contributed by atoms with Crippen molar-refractivity contribution in [2.45, 2.75) is 63.6 Å². The fourth-order valence-corrected chi connectivity index (χ4v) is 5.66. The molecule has 5 rings (SSSR count). The van der Waals surface area contributed by atoms with Crippen LogP contribution in [0.15, 0.2) is 67.0 Å². The first-order chi connectivity index (χ1) is 22.0. The number of carbonyl (C=O) groups is 2. The molecule has 45 heavy (non-hydrogen) atoms. The van der Waals surface area contributed by atoms with Crippen LogP contribution in [0.1, 0.15) is 67.6 Å². The molecule has 2 fully saturated rings. The zero-order chi connectivity index (χ0) is 31.4. The summed E-state index contributed by atoms with van der Waals surface area (Å²) in [5.74, 6) is 0.250. The lowest BCUT2D eigenvalue weighted by Gasteiger charge is -2.40. The van der Waals surface area contributed by atoms with Gasteiger partial charge in [-0.05, 0) is 42.2 Å². The Kier molecular flexibility index (Phi) is 11.8. The van der Waals surface area contributed by atoms with Crippen LogP contribution in [0.5, 0.6) is 0 Å². The second-order valence-electron chi connectivity index (χ2n) is 11.5. The maximum atomic E-state index is 12.4. The fraction of sp³-hybridized carbons (Fsp3) is 0.455. The molecular weight excluding hydrogens is 576 g/mol. The van der Waals surface area contributed by atoms with E-state index in [-0.39, 0.29) is 31.1 Å². The molecule has 3 atom stereocenters. The van der Waals surface area contributed by atoms with Crippen LogP contribution in [-0.2, 0) is 25.7 Å². The maximum absolute atomic E-state index is 12.4. The quantitative estimate of drug-likeness (QED) is 0.127. The van der Waals surface area contributed by atoms with E-state index in [1.165, 1.54) is 0 Å². The molecule has 0 radical (unpaired) electrons. The third kappa shape index (κ3) is 9.52. The van der Waals surface area contributed by atoms with Gasteiger partial charge >= 0.3 is 0 Å². The van der Waals surface area contributed by atoms with Crippen LogP contribution in [0, 0.1) is 0 Å². The number of aliphatic hydroxyl groups excluding tert-OH is 1. The smallest absolute Gasteiger partial charge is 0.243 e. The average Bonchev–Trinajstić information content (AvgIpc) is 3.09. The molecule has 0 bridgehead atoms. The minimum Gasteiger partial charge on any atom is -0.392 e. The van der Waals surface area contributed by atoms with E-state index < -0.39 is 12.2 Å². The highest BCUT2D eigenvalue weighted by molar-refractivity contribution is 5.90. The SMILES string of the molecule is O=C(CCCCCC(=O)Nc1ccc([C@H]2O[C@@H](CN3CCN(c4ncccn4)CC3)C[C@@H](c3ccc(CO)cc3)O2)cc1)NO. The Labute approximate surface area is 263 Å². The number of hydrogen-bond donors (Lipinski definition) is 4. The molecule has 2 amide bonds. The topological polar surface area (TPSA) is 149 Å². The highest BCUT2D eigenvalue weighted by Crippen LogP contribution is 2.38. The van der Waals surface area contributed by atoms with Crippen molar-refractivity contribution < 1.29 is 29.4 Å². The Morgan fingerprint density at radius 2 is 1.51 bits per heavy atom. The zero-order valence-electron chi connectivity index (χ0n) is 25.4. The van der Waals surface area contributed by atoms with Crippen LogP contribution in [0.25, 0.3) is 0 Å². The number of aromatic nitrogens is 2. The second-order valence-corrected chi connectivity index (χ2v) is 11.5. The third-order valence-corrected chi connectivity index (χ3v) is 8.18. The highest BCUT2D eigenvalue weighted by Gasteiger charge is 2.34. The van der Waals surface area contributed by atoms with Gasteiger partial charge < -0.3 is 24.8 Å². The number of benzene rings is 2. The summed E-state index contributed by atoms with van der Waals surface area (Å²) in [7, 11) is 0. The molecule has 0 unspecified atom stereocenters. The molecule has 1 aromatic heterocycles. The predicted octanol–water partition coefficient (Wildman–Crippen LogP) is 3.73. The molecule has 2 aromatic carbocycles. The van der Waals surface area contributed by atoms with Crippen molar-refractivity contribution in [3.8, 4) is 0 Å². The van der Waals surface area contributed by atoms with Crippen molar-refractivity contribution in [3.63, 3.8) is 0 Å². The van der Waals surface area contributed by atoms with Crippen LogP contribution < -0.4 is 15.7 Å². The van der Waals surface area contributed by atoms with E-state index in [0.717, 1.165) is 61.8 Å². The van der Waals surface area contributed by atoms with Crippen LogP contribution in [0.4, 0.5) is 11.6 Å². The van der Waals surface area contributed by atoms with Gasteiger partial charge in [-0.15, -0.1) is 0 Å². The number of ether oxygens (including phenoxy) is 2. The van der Waals surface area contributed by atoms with E-state index in [2.05, 4.69) is 25.1 Å². The van der Waals surface area contributed by atoms with Gasteiger partial charge in [0, 0.05) is 75.6 Å². The van der Waals surface area contributed by atoms with E-state index in [1.807, 2.05) is 54.6 Å². The minimum atomic E-state index is -0.578. The molecule has 4 N–H and O–H groups in total. The van der Waals surface area contributed by atoms with Gasteiger partial charge in [0.2, 0.25) is 17.8 Å². The van der Waals surface area contributed by atoms with Crippen LogP contribution in [-0.4, -0.2) is 75.8 Å². The second kappa shape index (κ2) is 16.4. The summed E-state index contributed by atoms with van der Waals surface area (Å²) in [5, 5.41) is 21.0. The number of amides is 2. The summed E-state index contributed by atoms with van der Waals surface area (Å²) < 4.78 is 13.0. The Morgan fingerprint density at radius 3 is 2.18 bits per heavy atom. The minimum absolute atomic E-state index is 0.00754. The van der Waals surface area contributed by atoms with E-state index >= 15 is 0 Å². The number of unbranched alkanes of at least 4 members (excludes halogenated alkanes) is 2. The molecule has 3 aromatic rings. The number of hydrogen-bond acceptors (Lipinski definition) is 10. The first-order valence-corrected chi connectivity index (χ1v) is 15.6. The summed E-state index contributed by atoms with van der Waals surface area (Å²) in [5.41, 5.74) is 5.06. The Morgan fingerprint density at radius 1 is 0.844 bits per heavy atom. The highest BCUT2D eigenvalue weighted by atomic mass is 16.7. The Hall–Kier alpha value is -3.94. The molecule has 0 spiro atoms. The third-order valence-electron chi connectivity index (χ3n) is 8.18. The molecule has 2 aliphatic rings. The monoisotopic (exact) mass is 618 g/mol. The normalized spacial score (nSPS) is 20.5. The van der Waals surface area contributed by atoms with Crippen molar-refractivity contribution in [1.82, 2.24) is 20.3 Å². The lowest BCUT2D eigenvalue weighted by molar-refractivity contribution is -0.253. The molecule has 0 aliphatic carbocycles. The van der Waals surface area contributed by atoms with Gasteiger partial charge in [0.05, 0.1) is 18.8 Å². The number of carbonyl (C=O) groups excluding carboxylic acids is 2. The molecule has 2 aliphatic heterocycles. The van der Waals surface area contributed by atoms with E-state index in [9.17, 15) is 14.7 Å². The Balaban J connectivity index is 1.18.